The lowest BCUT2D eigenvalue weighted by molar-refractivity contribution is -0.385. The van der Waals surface area contributed by atoms with E-state index in [9.17, 15) is 23.6 Å². The van der Waals surface area contributed by atoms with E-state index in [1.165, 1.54) is 43.5 Å². The molecule has 9 nitrogen and oxygen atoms in total. The summed E-state index contributed by atoms with van der Waals surface area (Å²) in [5, 5.41) is 24.0. The van der Waals surface area contributed by atoms with Gasteiger partial charge in [0.1, 0.15) is 5.75 Å². The van der Waals surface area contributed by atoms with Crippen molar-refractivity contribution < 1.29 is 23.2 Å². The average Bonchev–Trinajstić information content (AvgIpc) is 2.56. The lowest BCUT2D eigenvalue weighted by Crippen LogP contribution is -2.18. The van der Waals surface area contributed by atoms with Crippen LogP contribution in [0.25, 0.3) is 0 Å². The Hall–Kier alpha value is -3.14. The van der Waals surface area contributed by atoms with Crippen LogP contribution in [0.1, 0.15) is 5.56 Å². The highest BCUT2D eigenvalue weighted by atomic mass is 32.2. The minimum atomic E-state index is -3.91. The highest BCUT2D eigenvalue weighted by Gasteiger charge is 2.16. The molecule has 2 N–H and O–H groups in total. The number of para-hydroxylation sites is 1. The predicted octanol–water partition coefficient (Wildman–Crippen LogP) is 1.62. The van der Waals surface area contributed by atoms with Gasteiger partial charge in [0.15, 0.2) is 0 Å². The van der Waals surface area contributed by atoms with E-state index in [2.05, 4.69) is 5.10 Å². The lowest BCUT2D eigenvalue weighted by Gasteiger charge is -2.05. The summed E-state index contributed by atoms with van der Waals surface area (Å²) in [6.45, 7) is 0. The van der Waals surface area contributed by atoms with Gasteiger partial charge in [0.2, 0.25) is 5.75 Å². The van der Waals surface area contributed by atoms with Gasteiger partial charge in [-0.2, -0.15) is 13.5 Å². The first kappa shape index (κ1) is 17.2. The smallest absolute Gasteiger partial charge is 0.311 e. The van der Waals surface area contributed by atoms with Gasteiger partial charge < -0.3 is 9.84 Å². The van der Waals surface area contributed by atoms with Gasteiger partial charge in [-0.05, 0) is 30.3 Å². The molecule has 0 aliphatic heterocycles. The lowest BCUT2D eigenvalue weighted by atomic mass is 10.2. The summed E-state index contributed by atoms with van der Waals surface area (Å²) in [6.07, 6.45) is 0.976. The largest absolute Gasteiger partial charge is 0.502 e. The maximum Gasteiger partial charge on any atom is 0.311 e. The van der Waals surface area contributed by atoms with Crippen LogP contribution in [0.4, 0.5) is 5.69 Å². The second-order valence-electron chi connectivity index (χ2n) is 4.50. The van der Waals surface area contributed by atoms with Crippen molar-refractivity contribution in [1.29, 1.82) is 0 Å². The number of hydrazone groups is 1. The number of methoxy groups -OCH3 is 1. The SMILES string of the molecule is COc1ccc(S(=O)(=O)N/N=C\c2cccc([N+](=O)[O-])c2O)cc1. The van der Waals surface area contributed by atoms with E-state index in [0.717, 1.165) is 12.3 Å². The molecule has 0 aliphatic rings. The summed E-state index contributed by atoms with van der Waals surface area (Å²) >= 11 is 0. The van der Waals surface area contributed by atoms with E-state index >= 15 is 0 Å². The topological polar surface area (TPSA) is 131 Å². The van der Waals surface area contributed by atoms with E-state index < -0.39 is 26.4 Å². The van der Waals surface area contributed by atoms with Gasteiger partial charge >= 0.3 is 5.69 Å². The van der Waals surface area contributed by atoms with Gasteiger partial charge in [0, 0.05) is 11.6 Å². The van der Waals surface area contributed by atoms with Crippen LogP contribution in [0.2, 0.25) is 0 Å². The van der Waals surface area contributed by atoms with Gasteiger partial charge in [-0.3, -0.25) is 10.1 Å². The number of phenolic OH excluding ortho intramolecular Hbond substituents is 1. The maximum atomic E-state index is 12.0. The average molecular weight is 351 g/mol. The molecular formula is C14H13N3O6S. The molecule has 2 aromatic carbocycles. The molecule has 0 spiro atoms. The molecule has 10 heteroatoms. The molecule has 0 bridgehead atoms. The molecule has 0 saturated heterocycles. The zero-order chi connectivity index (χ0) is 17.7. The Morgan fingerprint density at radius 3 is 2.50 bits per heavy atom. The minimum Gasteiger partial charge on any atom is -0.502 e. The van der Waals surface area contributed by atoms with Crippen molar-refractivity contribution in [3.8, 4) is 11.5 Å². The Bertz CT molecular complexity index is 878. The minimum absolute atomic E-state index is 0.00151. The first-order valence-corrected chi connectivity index (χ1v) is 7.99. The number of nitro benzene ring substituents is 1. The summed E-state index contributed by atoms with van der Waals surface area (Å²) < 4.78 is 29.0. The van der Waals surface area contributed by atoms with Crippen molar-refractivity contribution >= 4 is 21.9 Å². The number of aromatic hydroxyl groups is 1. The quantitative estimate of drug-likeness (QED) is 0.462. The second-order valence-corrected chi connectivity index (χ2v) is 6.16. The van der Waals surface area contributed by atoms with Crippen LogP contribution in [-0.2, 0) is 10.0 Å². The van der Waals surface area contributed by atoms with Gasteiger partial charge in [-0.15, -0.1) is 0 Å². The highest BCUT2D eigenvalue weighted by Crippen LogP contribution is 2.27. The number of benzene rings is 2. The molecule has 2 rings (SSSR count). The third-order valence-electron chi connectivity index (χ3n) is 2.99. The second kappa shape index (κ2) is 6.96. The summed E-state index contributed by atoms with van der Waals surface area (Å²) in [7, 11) is -2.46. The third-order valence-corrected chi connectivity index (χ3v) is 4.23. The number of nitrogens with one attached hydrogen (secondary N) is 1. The Balaban J connectivity index is 2.18. The molecule has 2 aromatic rings. The van der Waals surface area contributed by atoms with Crippen LogP contribution in [-0.4, -0.2) is 31.8 Å². The van der Waals surface area contributed by atoms with Gasteiger partial charge in [-0.1, -0.05) is 6.07 Å². The molecule has 0 amide bonds. The molecular weight excluding hydrogens is 338 g/mol. The van der Waals surface area contributed by atoms with Crippen LogP contribution < -0.4 is 9.57 Å². The van der Waals surface area contributed by atoms with Crippen molar-refractivity contribution in [3.05, 3.63) is 58.1 Å². The molecule has 0 radical (unpaired) electrons. The number of rotatable bonds is 6. The van der Waals surface area contributed by atoms with Gasteiger partial charge in [0.05, 0.1) is 23.1 Å². The Morgan fingerprint density at radius 1 is 1.25 bits per heavy atom. The Morgan fingerprint density at radius 2 is 1.92 bits per heavy atom. The van der Waals surface area contributed by atoms with Crippen molar-refractivity contribution in [3.63, 3.8) is 0 Å². The summed E-state index contributed by atoms with van der Waals surface area (Å²) in [5.41, 5.74) is -0.501. The third kappa shape index (κ3) is 3.79. The van der Waals surface area contributed by atoms with Crippen LogP contribution in [0.15, 0.2) is 52.5 Å². The van der Waals surface area contributed by atoms with Crippen LogP contribution in [0.3, 0.4) is 0 Å². The fraction of sp³-hybridized carbons (Fsp3) is 0.0714. The number of hydrogen-bond donors (Lipinski definition) is 2. The molecule has 0 unspecified atom stereocenters. The van der Waals surface area contributed by atoms with E-state index in [4.69, 9.17) is 4.74 Å². The first-order valence-electron chi connectivity index (χ1n) is 6.50. The standard InChI is InChI=1S/C14H13N3O6S/c1-23-11-5-7-12(8-6-11)24(21,22)16-15-9-10-3-2-4-13(14(10)18)17(19)20/h2-9,16,18H,1H3/b15-9-. The molecule has 126 valence electrons. The molecule has 0 aliphatic carbocycles. The Kier molecular flexibility index (Phi) is 4.99. The monoisotopic (exact) mass is 351 g/mol. The molecule has 0 atom stereocenters. The zero-order valence-corrected chi connectivity index (χ0v) is 13.2. The summed E-state index contributed by atoms with van der Waals surface area (Å²) in [6, 6.07) is 9.44. The van der Waals surface area contributed by atoms with Crippen molar-refractivity contribution in [1.82, 2.24) is 4.83 Å². The van der Waals surface area contributed by atoms with Crippen LogP contribution in [0, 0.1) is 10.1 Å². The zero-order valence-electron chi connectivity index (χ0n) is 12.4. The maximum absolute atomic E-state index is 12.0. The van der Waals surface area contributed by atoms with Crippen molar-refractivity contribution in [2.45, 2.75) is 4.90 Å². The van der Waals surface area contributed by atoms with Crippen molar-refractivity contribution in [2.75, 3.05) is 7.11 Å². The number of nitrogens with zero attached hydrogens (tertiary/aromatic N) is 2. The normalized spacial score (nSPS) is 11.4. The summed E-state index contributed by atoms with van der Waals surface area (Å²) in [4.78, 5) is 11.9. The van der Waals surface area contributed by atoms with Gasteiger partial charge in [-0.25, -0.2) is 4.83 Å². The number of nitro groups is 1. The van der Waals surface area contributed by atoms with E-state index in [1.807, 2.05) is 4.83 Å². The number of hydrogen-bond acceptors (Lipinski definition) is 7. The molecule has 0 heterocycles. The molecule has 0 aromatic heterocycles. The Labute approximate surface area is 137 Å². The number of ether oxygens (including phenoxy) is 1. The van der Waals surface area contributed by atoms with E-state index in [-0.39, 0.29) is 10.5 Å². The molecule has 0 saturated carbocycles. The van der Waals surface area contributed by atoms with Crippen LogP contribution >= 0.6 is 0 Å². The fourth-order valence-electron chi connectivity index (χ4n) is 1.77. The highest BCUT2D eigenvalue weighted by molar-refractivity contribution is 7.89. The number of sulfonamides is 1. The van der Waals surface area contributed by atoms with Gasteiger partial charge in [0.25, 0.3) is 10.0 Å². The molecule has 0 fully saturated rings. The van der Waals surface area contributed by atoms with Crippen molar-refractivity contribution in [2.24, 2.45) is 5.10 Å². The first-order chi connectivity index (χ1) is 11.3. The fourth-order valence-corrected chi connectivity index (χ4v) is 2.56. The number of phenols is 1. The van der Waals surface area contributed by atoms with E-state index in [1.54, 1.807) is 0 Å². The predicted molar refractivity (Wildman–Crippen MR) is 85.7 cm³/mol. The summed E-state index contributed by atoms with van der Waals surface area (Å²) in [5.74, 6) is -0.103. The van der Waals surface area contributed by atoms with Crippen LogP contribution in [0.5, 0.6) is 11.5 Å². The molecule has 24 heavy (non-hydrogen) atoms. The van der Waals surface area contributed by atoms with E-state index in [0.29, 0.717) is 5.75 Å².